The van der Waals surface area contributed by atoms with Crippen molar-refractivity contribution in [1.82, 2.24) is 5.06 Å². The SMILES string of the molecule is CON(C)C(=O)C[C@H](C)CCO. The summed E-state index contributed by atoms with van der Waals surface area (Å²) in [6, 6.07) is 0. The molecule has 0 bridgehead atoms. The van der Waals surface area contributed by atoms with Crippen LogP contribution in [-0.4, -0.2) is 36.8 Å². The number of carbonyl (C=O) groups excluding carboxylic acids is 1. The minimum absolute atomic E-state index is 0.0570. The second-order valence-corrected chi connectivity index (χ2v) is 2.90. The van der Waals surface area contributed by atoms with E-state index in [2.05, 4.69) is 0 Å². The molecule has 0 radical (unpaired) electrons. The largest absolute Gasteiger partial charge is 0.396 e. The minimum Gasteiger partial charge on any atom is -0.396 e. The molecule has 72 valence electrons. The third-order valence-electron chi connectivity index (χ3n) is 1.77. The lowest BCUT2D eigenvalue weighted by Gasteiger charge is -2.16. The summed E-state index contributed by atoms with van der Waals surface area (Å²) in [5.41, 5.74) is 0. The van der Waals surface area contributed by atoms with Gasteiger partial charge in [0.05, 0.1) is 7.11 Å². The number of aliphatic hydroxyl groups excluding tert-OH is 1. The Hall–Kier alpha value is -0.610. The number of aliphatic hydroxyl groups is 1. The van der Waals surface area contributed by atoms with Gasteiger partial charge in [0.2, 0.25) is 5.91 Å². The van der Waals surface area contributed by atoms with Gasteiger partial charge >= 0.3 is 0 Å². The van der Waals surface area contributed by atoms with Crippen molar-refractivity contribution in [3.8, 4) is 0 Å². The Morgan fingerprint density at radius 2 is 2.25 bits per heavy atom. The topological polar surface area (TPSA) is 49.8 Å². The molecule has 0 heterocycles. The van der Waals surface area contributed by atoms with Gasteiger partial charge in [0.25, 0.3) is 0 Å². The Labute approximate surface area is 73.1 Å². The third-order valence-corrected chi connectivity index (χ3v) is 1.77. The molecule has 1 amide bonds. The van der Waals surface area contributed by atoms with Crippen LogP contribution in [0.5, 0.6) is 0 Å². The number of nitrogens with zero attached hydrogens (tertiary/aromatic N) is 1. The van der Waals surface area contributed by atoms with Crippen LogP contribution < -0.4 is 0 Å². The number of hydroxylamine groups is 2. The lowest BCUT2D eigenvalue weighted by atomic mass is 10.0. The summed E-state index contributed by atoms with van der Waals surface area (Å²) in [5, 5.41) is 9.79. The van der Waals surface area contributed by atoms with Gasteiger partial charge in [-0.15, -0.1) is 0 Å². The summed E-state index contributed by atoms with van der Waals surface area (Å²) in [5.74, 6) is 0.151. The summed E-state index contributed by atoms with van der Waals surface area (Å²) >= 11 is 0. The fraction of sp³-hybridized carbons (Fsp3) is 0.875. The summed E-state index contributed by atoms with van der Waals surface area (Å²) in [6.45, 7) is 2.06. The van der Waals surface area contributed by atoms with Gasteiger partial charge in [-0.25, -0.2) is 5.06 Å². The van der Waals surface area contributed by atoms with E-state index < -0.39 is 0 Å². The first-order valence-corrected chi connectivity index (χ1v) is 4.03. The van der Waals surface area contributed by atoms with E-state index >= 15 is 0 Å². The highest BCUT2D eigenvalue weighted by Crippen LogP contribution is 2.08. The molecule has 0 saturated heterocycles. The van der Waals surface area contributed by atoms with Crippen molar-refractivity contribution in [3.05, 3.63) is 0 Å². The average molecular weight is 175 g/mol. The van der Waals surface area contributed by atoms with Crippen molar-refractivity contribution >= 4 is 5.91 Å². The van der Waals surface area contributed by atoms with Gasteiger partial charge in [-0.3, -0.25) is 9.63 Å². The van der Waals surface area contributed by atoms with Crippen LogP contribution in [-0.2, 0) is 9.63 Å². The second-order valence-electron chi connectivity index (χ2n) is 2.90. The van der Waals surface area contributed by atoms with Crippen LogP contribution in [0.3, 0.4) is 0 Å². The molecule has 0 aromatic heterocycles. The summed E-state index contributed by atoms with van der Waals surface area (Å²) < 4.78 is 0. The highest BCUT2D eigenvalue weighted by atomic mass is 16.7. The lowest BCUT2D eigenvalue weighted by molar-refractivity contribution is -0.169. The first-order chi connectivity index (χ1) is 5.61. The molecule has 0 aromatic carbocycles. The molecule has 0 aromatic rings. The molecular formula is C8H17NO3. The zero-order valence-electron chi connectivity index (χ0n) is 7.91. The Morgan fingerprint density at radius 3 is 2.67 bits per heavy atom. The maximum absolute atomic E-state index is 11.2. The molecule has 0 aliphatic carbocycles. The van der Waals surface area contributed by atoms with E-state index in [9.17, 15) is 4.79 Å². The van der Waals surface area contributed by atoms with Crippen molar-refractivity contribution < 1.29 is 14.7 Å². The zero-order chi connectivity index (χ0) is 9.56. The third kappa shape index (κ3) is 4.31. The maximum atomic E-state index is 11.2. The van der Waals surface area contributed by atoms with Crippen LogP contribution in [0.25, 0.3) is 0 Å². The monoisotopic (exact) mass is 175 g/mol. The van der Waals surface area contributed by atoms with Crippen LogP contribution in [0, 0.1) is 5.92 Å². The van der Waals surface area contributed by atoms with Crippen LogP contribution in [0.4, 0.5) is 0 Å². The number of hydrogen-bond donors (Lipinski definition) is 1. The molecule has 0 rings (SSSR count). The predicted molar refractivity (Wildman–Crippen MR) is 45.3 cm³/mol. The predicted octanol–water partition coefficient (Wildman–Crippen LogP) is 0.415. The fourth-order valence-corrected chi connectivity index (χ4v) is 0.851. The number of amides is 1. The van der Waals surface area contributed by atoms with E-state index in [1.54, 1.807) is 7.05 Å². The van der Waals surface area contributed by atoms with Crippen LogP contribution in [0.2, 0.25) is 0 Å². The first-order valence-electron chi connectivity index (χ1n) is 4.03. The normalized spacial score (nSPS) is 12.7. The fourth-order valence-electron chi connectivity index (χ4n) is 0.851. The molecule has 0 fully saturated rings. The second kappa shape index (κ2) is 5.97. The van der Waals surface area contributed by atoms with E-state index in [0.29, 0.717) is 12.8 Å². The van der Waals surface area contributed by atoms with E-state index in [4.69, 9.17) is 9.94 Å². The van der Waals surface area contributed by atoms with Gasteiger partial charge in [0, 0.05) is 20.1 Å². The molecular weight excluding hydrogens is 158 g/mol. The molecule has 0 unspecified atom stereocenters. The molecule has 0 saturated carbocycles. The molecule has 0 aliphatic heterocycles. The summed E-state index contributed by atoms with van der Waals surface area (Å²) in [7, 11) is 3.03. The highest BCUT2D eigenvalue weighted by molar-refractivity contribution is 5.74. The Morgan fingerprint density at radius 1 is 1.67 bits per heavy atom. The molecule has 0 aliphatic rings. The van der Waals surface area contributed by atoms with Crippen molar-refractivity contribution in [2.24, 2.45) is 5.92 Å². The molecule has 12 heavy (non-hydrogen) atoms. The van der Waals surface area contributed by atoms with Crippen LogP contribution >= 0.6 is 0 Å². The van der Waals surface area contributed by atoms with Crippen LogP contribution in [0.15, 0.2) is 0 Å². The molecule has 4 nitrogen and oxygen atoms in total. The van der Waals surface area contributed by atoms with E-state index in [1.165, 1.54) is 12.2 Å². The van der Waals surface area contributed by atoms with Crippen molar-refractivity contribution in [3.63, 3.8) is 0 Å². The van der Waals surface area contributed by atoms with Crippen molar-refractivity contribution in [2.45, 2.75) is 19.8 Å². The molecule has 4 heteroatoms. The Kier molecular flexibility index (Phi) is 5.66. The van der Waals surface area contributed by atoms with Gasteiger partial charge in [-0.1, -0.05) is 6.92 Å². The van der Waals surface area contributed by atoms with E-state index in [1.807, 2.05) is 6.92 Å². The van der Waals surface area contributed by atoms with Gasteiger partial charge < -0.3 is 5.11 Å². The number of hydrogen-bond acceptors (Lipinski definition) is 3. The number of carbonyl (C=O) groups is 1. The number of rotatable bonds is 5. The first kappa shape index (κ1) is 11.4. The molecule has 0 spiro atoms. The van der Waals surface area contributed by atoms with Gasteiger partial charge in [-0.05, 0) is 12.3 Å². The van der Waals surface area contributed by atoms with Gasteiger partial charge in [-0.2, -0.15) is 0 Å². The minimum atomic E-state index is -0.0570. The Bertz CT molecular complexity index is 138. The lowest BCUT2D eigenvalue weighted by Crippen LogP contribution is -2.26. The van der Waals surface area contributed by atoms with Gasteiger partial charge in [0.15, 0.2) is 0 Å². The maximum Gasteiger partial charge on any atom is 0.246 e. The highest BCUT2D eigenvalue weighted by Gasteiger charge is 2.12. The molecule has 1 atom stereocenters. The quantitative estimate of drug-likeness (QED) is 0.616. The zero-order valence-corrected chi connectivity index (χ0v) is 7.91. The van der Waals surface area contributed by atoms with E-state index in [0.717, 1.165) is 0 Å². The van der Waals surface area contributed by atoms with Gasteiger partial charge in [0.1, 0.15) is 0 Å². The van der Waals surface area contributed by atoms with Crippen molar-refractivity contribution in [1.29, 1.82) is 0 Å². The summed E-state index contributed by atoms with van der Waals surface area (Å²) in [4.78, 5) is 15.9. The Balaban J connectivity index is 3.67. The van der Waals surface area contributed by atoms with Crippen LogP contribution in [0.1, 0.15) is 19.8 Å². The molecule has 1 N–H and O–H groups in total. The van der Waals surface area contributed by atoms with Crippen molar-refractivity contribution in [2.75, 3.05) is 20.8 Å². The average Bonchev–Trinajstić information content (AvgIpc) is 2.03. The standard InChI is InChI=1S/C8H17NO3/c1-7(4-5-10)6-8(11)9(2)12-3/h7,10H,4-6H2,1-3H3/t7-/m1/s1. The van der Waals surface area contributed by atoms with E-state index in [-0.39, 0.29) is 18.4 Å². The smallest absolute Gasteiger partial charge is 0.246 e. The summed E-state index contributed by atoms with van der Waals surface area (Å²) in [6.07, 6.45) is 1.08.